The molecular weight excluding hydrogens is 332 g/mol. The first kappa shape index (κ1) is 17.7. The molecule has 1 aromatic carbocycles. The molecule has 0 aliphatic rings. The molecule has 1 aromatic heterocycles. The average molecular weight is 352 g/mol. The summed E-state index contributed by atoms with van der Waals surface area (Å²) in [6, 6.07) is 9.77. The highest BCUT2D eigenvalue weighted by molar-refractivity contribution is 7.89. The van der Waals surface area contributed by atoms with E-state index in [1.807, 2.05) is 17.5 Å². The summed E-state index contributed by atoms with van der Waals surface area (Å²) in [5.41, 5.74) is -0.133. The third-order valence-corrected chi connectivity index (χ3v) is 5.52. The quantitative estimate of drug-likeness (QED) is 0.869. The minimum atomic E-state index is -3.59. The molecule has 2 aromatic rings. The van der Waals surface area contributed by atoms with Gasteiger partial charge in [-0.05, 0) is 56.5 Å². The highest BCUT2D eigenvalue weighted by Gasteiger charge is 2.22. The van der Waals surface area contributed by atoms with E-state index in [0.717, 1.165) is 4.88 Å². The molecule has 23 heavy (non-hydrogen) atoms. The zero-order valence-corrected chi connectivity index (χ0v) is 14.9. The number of nitrogens with one attached hydrogen (secondary N) is 2. The van der Waals surface area contributed by atoms with Gasteiger partial charge < -0.3 is 5.32 Å². The van der Waals surface area contributed by atoms with Gasteiger partial charge >= 0.3 is 0 Å². The SMILES string of the molecule is CC(C)(C)NS(=O)(=O)c1ccc(C(=O)NCc2cccs2)cc1. The van der Waals surface area contributed by atoms with E-state index in [1.54, 1.807) is 32.1 Å². The summed E-state index contributed by atoms with van der Waals surface area (Å²) in [5.74, 6) is -0.230. The first-order valence-corrected chi connectivity index (χ1v) is 9.48. The minimum Gasteiger partial charge on any atom is -0.347 e. The Morgan fingerprint density at radius 2 is 1.78 bits per heavy atom. The second kappa shape index (κ2) is 6.82. The average Bonchev–Trinajstić information content (AvgIpc) is 2.95. The Labute approximate surface area is 140 Å². The van der Waals surface area contributed by atoms with Crippen molar-refractivity contribution in [3.05, 3.63) is 52.2 Å². The number of hydrogen-bond donors (Lipinski definition) is 2. The zero-order valence-electron chi connectivity index (χ0n) is 13.3. The monoisotopic (exact) mass is 352 g/mol. The predicted octanol–water partition coefficient (Wildman–Crippen LogP) is 2.75. The van der Waals surface area contributed by atoms with E-state index in [1.165, 1.54) is 24.3 Å². The van der Waals surface area contributed by atoms with Crippen LogP contribution in [0.5, 0.6) is 0 Å². The predicted molar refractivity (Wildman–Crippen MR) is 92.0 cm³/mol. The second-order valence-corrected chi connectivity index (χ2v) is 8.86. The molecule has 0 aliphatic heterocycles. The van der Waals surface area contributed by atoms with Crippen LogP contribution in [0.3, 0.4) is 0 Å². The van der Waals surface area contributed by atoms with Crippen molar-refractivity contribution in [2.45, 2.75) is 37.8 Å². The Bertz CT molecular complexity index is 759. The van der Waals surface area contributed by atoms with Gasteiger partial charge in [0.1, 0.15) is 0 Å². The van der Waals surface area contributed by atoms with E-state index in [9.17, 15) is 13.2 Å². The van der Waals surface area contributed by atoms with Gasteiger partial charge in [0, 0.05) is 16.0 Å². The zero-order chi connectivity index (χ0) is 17.1. The summed E-state index contributed by atoms with van der Waals surface area (Å²) in [7, 11) is -3.59. The van der Waals surface area contributed by atoms with Crippen LogP contribution in [0.1, 0.15) is 36.0 Å². The van der Waals surface area contributed by atoms with Crippen molar-refractivity contribution in [3.63, 3.8) is 0 Å². The number of amides is 1. The number of sulfonamides is 1. The Hall–Kier alpha value is -1.70. The highest BCUT2D eigenvalue weighted by atomic mass is 32.2. The molecular formula is C16H20N2O3S2. The van der Waals surface area contributed by atoms with Crippen molar-refractivity contribution >= 4 is 27.3 Å². The summed E-state index contributed by atoms with van der Waals surface area (Å²) in [5, 5.41) is 4.75. The number of benzene rings is 1. The normalized spacial score (nSPS) is 12.1. The van der Waals surface area contributed by atoms with Crippen LogP contribution in [0.15, 0.2) is 46.7 Å². The maximum absolute atomic E-state index is 12.2. The first-order valence-electron chi connectivity index (χ1n) is 7.12. The van der Waals surface area contributed by atoms with Gasteiger partial charge in [-0.3, -0.25) is 4.79 Å². The standard InChI is InChI=1S/C16H20N2O3S2/c1-16(2,3)18-23(20,21)14-8-6-12(7-9-14)15(19)17-11-13-5-4-10-22-13/h4-10,18H,11H2,1-3H3,(H,17,19). The fourth-order valence-electron chi connectivity index (χ4n) is 1.93. The second-order valence-electron chi connectivity index (χ2n) is 6.14. The lowest BCUT2D eigenvalue weighted by molar-refractivity contribution is 0.0951. The molecule has 5 nitrogen and oxygen atoms in total. The molecule has 1 amide bonds. The lowest BCUT2D eigenvalue weighted by Crippen LogP contribution is -2.40. The van der Waals surface area contributed by atoms with Crippen molar-refractivity contribution in [1.82, 2.24) is 10.0 Å². The van der Waals surface area contributed by atoms with E-state index in [0.29, 0.717) is 12.1 Å². The summed E-state index contributed by atoms with van der Waals surface area (Å²) in [4.78, 5) is 13.3. The van der Waals surface area contributed by atoms with Crippen molar-refractivity contribution in [2.75, 3.05) is 0 Å². The van der Waals surface area contributed by atoms with Gasteiger partial charge in [-0.2, -0.15) is 0 Å². The summed E-state index contributed by atoms with van der Waals surface area (Å²) in [6.45, 7) is 5.78. The molecule has 0 atom stereocenters. The molecule has 124 valence electrons. The summed E-state index contributed by atoms with van der Waals surface area (Å²) >= 11 is 1.57. The number of carbonyl (C=O) groups excluding carboxylic acids is 1. The highest BCUT2D eigenvalue weighted by Crippen LogP contribution is 2.14. The molecule has 0 radical (unpaired) electrons. The maximum atomic E-state index is 12.2. The molecule has 0 spiro atoms. The Morgan fingerprint density at radius 1 is 1.13 bits per heavy atom. The number of rotatable bonds is 5. The van der Waals surface area contributed by atoms with Crippen molar-refractivity contribution in [3.8, 4) is 0 Å². The lowest BCUT2D eigenvalue weighted by Gasteiger charge is -2.20. The topological polar surface area (TPSA) is 75.3 Å². The van der Waals surface area contributed by atoms with Crippen molar-refractivity contribution in [2.24, 2.45) is 0 Å². The molecule has 1 heterocycles. The largest absolute Gasteiger partial charge is 0.347 e. The van der Waals surface area contributed by atoms with E-state index in [-0.39, 0.29) is 10.8 Å². The van der Waals surface area contributed by atoms with Gasteiger partial charge in [0.25, 0.3) is 5.91 Å². The minimum absolute atomic E-state index is 0.141. The van der Waals surface area contributed by atoms with Gasteiger partial charge in [0.2, 0.25) is 10.0 Å². The summed E-state index contributed by atoms with van der Waals surface area (Å²) in [6.07, 6.45) is 0. The van der Waals surface area contributed by atoms with Crippen molar-refractivity contribution < 1.29 is 13.2 Å². The van der Waals surface area contributed by atoms with Crippen LogP contribution in [0.25, 0.3) is 0 Å². The third kappa shape index (κ3) is 5.16. The smallest absolute Gasteiger partial charge is 0.251 e. The van der Waals surface area contributed by atoms with Crippen LogP contribution in [-0.2, 0) is 16.6 Å². The molecule has 0 aliphatic carbocycles. The van der Waals surface area contributed by atoms with Crippen LogP contribution >= 0.6 is 11.3 Å². The number of thiophene rings is 1. The molecule has 2 rings (SSSR count). The Kier molecular flexibility index (Phi) is 5.23. The van der Waals surface area contributed by atoms with Crippen LogP contribution in [0.2, 0.25) is 0 Å². The van der Waals surface area contributed by atoms with Crippen LogP contribution in [-0.4, -0.2) is 19.9 Å². The Balaban J connectivity index is 2.05. The van der Waals surface area contributed by atoms with E-state index in [2.05, 4.69) is 10.0 Å². The fourth-order valence-corrected chi connectivity index (χ4v) is 3.99. The van der Waals surface area contributed by atoms with Crippen LogP contribution in [0, 0.1) is 0 Å². The van der Waals surface area contributed by atoms with Gasteiger partial charge in [-0.15, -0.1) is 11.3 Å². The molecule has 0 unspecified atom stereocenters. The molecule has 7 heteroatoms. The summed E-state index contributed by atoms with van der Waals surface area (Å²) < 4.78 is 27.0. The molecule has 0 fully saturated rings. The van der Waals surface area contributed by atoms with Gasteiger partial charge in [-0.1, -0.05) is 6.07 Å². The molecule has 0 bridgehead atoms. The lowest BCUT2D eigenvalue weighted by atomic mass is 10.1. The van der Waals surface area contributed by atoms with E-state index in [4.69, 9.17) is 0 Å². The maximum Gasteiger partial charge on any atom is 0.251 e. The van der Waals surface area contributed by atoms with Crippen LogP contribution in [0.4, 0.5) is 0 Å². The third-order valence-electron chi connectivity index (χ3n) is 2.87. The van der Waals surface area contributed by atoms with Crippen LogP contribution < -0.4 is 10.0 Å². The van der Waals surface area contributed by atoms with E-state index < -0.39 is 15.6 Å². The number of carbonyl (C=O) groups is 1. The van der Waals surface area contributed by atoms with Gasteiger partial charge in [-0.25, -0.2) is 13.1 Å². The Morgan fingerprint density at radius 3 is 2.30 bits per heavy atom. The number of hydrogen-bond acceptors (Lipinski definition) is 4. The van der Waals surface area contributed by atoms with Crippen molar-refractivity contribution in [1.29, 1.82) is 0 Å². The van der Waals surface area contributed by atoms with Gasteiger partial charge in [0.15, 0.2) is 0 Å². The first-order chi connectivity index (χ1) is 10.7. The fraction of sp³-hybridized carbons (Fsp3) is 0.312. The van der Waals surface area contributed by atoms with Gasteiger partial charge in [0.05, 0.1) is 11.4 Å². The molecule has 2 N–H and O–H groups in total. The molecule has 0 saturated carbocycles. The molecule has 0 saturated heterocycles. The van der Waals surface area contributed by atoms with E-state index >= 15 is 0 Å².